The summed E-state index contributed by atoms with van der Waals surface area (Å²) in [5.41, 5.74) is 7.11. The Morgan fingerprint density at radius 3 is 2.42 bits per heavy atom. The van der Waals surface area contributed by atoms with Crippen molar-refractivity contribution in [1.29, 1.82) is 0 Å². The van der Waals surface area contributed by atoms with Gasteiger partial charge in [0.2, 0.25) is 5.91 Å². The molecule has 0 aliphatic rings. The molecule has 0 aliphatic carbocycles. The number of rotatable bonds is 7. The third-order valence-corrected chi connectivity index (χ3v) is 5.23. The molecule has 1 heterocycles. The van der Waals surface area contributed by atoms with E-state index in [1.165, 1.54) is 0 Å². The van der Waals surface area contributed by atoms with Crippen LogP contribution in [0.1, 0.15) is 5.56 Å². The van der Waals surface area contributed by atoms with Crippen LogP contribution in [0.3, 0.4) is 0 Å². The number of hydrogen-bond donors (Lipinski definition) is 4. The van der Waals surface area contributed by atoms with E-state index < -0.39 is 0 Å². The molecule has 0 saturated carbocycles. The molecule has 4 rings (SSSR count). The number of aromatic nitrogens is 2. The molecule has 31 heavy (non-hydrogen) atoms. The van der Waals surface area contributed by atoms with E-state index in [2.05, 4.69) is 20.8 Å². The zero-order chi connectivity index (χ0) is 21.8. The highest BCUT2D eigenvalue weighted by Gasteiger charge is 2.21. The van der Waals surface area contributed by atoms with Crippen molar-refractivity contribution < 1.29 is 10.0 Å². The molecule has 0 fully saturated rings. The first-order valence-corrected chi connectivity index (χ1v) is 10.0. The number of hydrogen-bond acceptors (Lipinski definition) is 5. The molecule has 4 N–H and O–H groups in total. The van der Waals surface area contributed by atoms with Crippen molar-refractivity contribution in [2.45, 2.75) is 12.5 Å². The first kappa shape index (κ1) is 20.6. The molecule has 0 radical (unpaired) electrons. The highest BCUT2D eigenvalue weighted by molar-refractivity contribution is 5.95. The average molecular weight is 415 g/mol. The van der Waals surface area contributed by atoms with Gasteiger partial charge in [0.1, 0.15) is 5.82 Å². The monoisotopic (exact) mass is 415 g/mol. The Morgan fingerprint density at radius 2 is 1.74 bits per heavy atom. The number of carbonyl (C=O) groups excluding carboxylic acids is 1. The van der Waals surface area contributed by atoms with Crippen molar-refractivity contribution in [2.24, 2.45) is 0 Å². The van der Waals surface area contributed by atoms with Crippen LogP contribution >= 0.6 is 0 Å². The molecule has 3 aromatic carbocycles. The predicted octanol–water partition coefficient (Wildman–Crippen LogP) is 4.14. The minimum Gasteiger partial charge on any atom is -0.338 e. The molecule has 1 atom stereocenters. The van der Waals surface area contributed by atoms with E-state index in [-0.39, 0.29) is 11.9 Å². The number of anilines is 2. The molecule has 7 heteroatoms. The number of imidazole rings is 1. The van der Waals surface area contributed by atoms with Gasteiger partial charge in [-0.1, -0.05) is 30.3 Å². The van der Waals surface area contributed by atoms with E-state index in [4.69, 9.17) is 5.21 Å². The highest BCUT2D eigenvalue weighted by atomic mass is 16.5. The Bertz CT molecular complexity index is 1170. The van der Waals surface area contributed by atoms with Crippen molar-refractivity contribution in [2.75, 3.05) is 24.9 Å². The maximum Gasteiger partial charge on any atom is 0.242 e. The van der Waals surface area contributed by atoms with Crippen LogP contribution in [-0.2, 0) is 11.2 Å². The first-order chi connectivity index (χ1) is 15.0. The Morgan fingerprint density at radius 1 is 1.03 bits per heavy atom. The number of benzene rings is 3. The maximum absolute atomic E-state index is 12.9. The summed E-state index contributed by atoms with van der Waals surface area (Å²) in [6.45, 7) is 0. The molecule has 1 unspecified atom stereocenters. The van der Waals surface area contributed by atoms with Crippen molar-refractivity contribution in [3.63, 3.8) is 0 Å². The summed E-state index contributed by atoms with van der Waals surface area (Å²) in [7, 11) is 3.82. The standard InChI is InChI=1S/C24H25N5O2/c1-29(2)22(14-16-6-4-3-5-7-16)24(30)25-18-10-8-17(9-11-18)23-26-20-13-12-19(28-31)15-21(20)27-23/h3-13,15,22,28,31H,14H2,1-2H3,(H,25,30)(H,26,27). The quantitative estimate of drug-likeness (QED) is 0.341. The van der Waals surface area contributed by atoms with Gasteiger partial charge in [-0.2, -0.15) is 0 Å². The van der Waals surface area contributed by atoms with Gasteiger partial charge in [-0.3, -0.25) is 20.4 Å². The molecule has 158 valence electrons. The van der Waals surface area contributed by atoms with Crippen molar-refractivity contribution in [3.05, 3.63) is 78.4 Å². The molecule has 0 bridgehead atoms. The molecule has 4 aromatic rings. The molecule has 1 aromatic heterocycles. The molecule has 0 saturated heterocycles. The molecule has 0 spiro atoms. The van der Waals surface area contributed by atoms with Crippen LogP contribution in [0.4, 0.5) is 11.4 Å². The Hall–Kier alpha value is -3.68. The van der Waals surface area contributed by atoms with Gasteiger partial charge in [0, 0.05) is 11.3 Å². The van der Waals surface area contributed by atoms with Crippen LogP contribution in [0.2, 0.25) is 0 Å². The molecular weight excluding hydrogens is 390 g/mol. The zero-order valence-electron chi connectivity index (χ0n) is 17.5. The van der Waals surface area contributed by atoms with E-state index in [1.54, 1.807) is 12.1 Å². The van der Waals surface area contributed by atoms with Crippen LogP contribution in [-0.4, -0.2) is 46.1 Å². The summed E-state index contributed by atoms with van der Waals surface area (Å²) in [5, 5.41) is 12.1. The number of likely N-dealkylation sites (N-methyl/N-ethyl adjacent to an activating group) is 1. The first-order valence-electron chi connectivity index (χ1n) is 10.0. The summed E-state index contributed by atoms with van der Waals surface area (Å²) in [5.74, 6) is 0.674. The number of amides is 1. The van der Waals surface area contributed by atoms with Crippen LogP contribution in [0.5, 0.6) is 0 Å². The van der Waals surface area contributed by atoms with Crippen molar-refractivity contribution in [1.82, 2.24) is 14.9 Å². The van der Waals surface area contributed by atoms with Crippen molar-refractivity contribution >= 4 is 28.3 Å². The van der Waals surface area contributed by atoms with Gasteiger partial charge < -0.3 is 10.3 Å². The predicted molar refractivity (Wildman–Crippen MR) is 123 cm³/mol. The number of H-pyrrole nitrogens is 1. The number of nitrogens with zero attached hydrogens (tertiary/aromatic N) is 2. The van der Waals surface area contributed by atoms with Gasteiger partial charge in [0.05, 0.1) is 22.8 Å². The summed E-state index contributed by atoms with van der Waals surface area (Å²) >= 11 is 0. The minimum absolute atomic E-state index is 0.0469. The summed E-state index contributed by atoms with van der Waals surface area (Å²) < 4.78 is 0. The zero-order valence-corrected chi connectivity index (χ0v) is 17.5. The Labute approximate surface area is 180 Å². The topological polar surface area (TPSA) is 93.3 Å². The van der Waals surface area contributed by atoms with E-state index in [1.807, 2.05) is 79.7 Å². The smallest absolute Gasteiger partial charge is 0.242 e. The second-order valence-corrected chi connectivity index (χ2v) is 7.66. The van der Waals surface area contributed by atoms with Crippen molar-refractivity contribution in [3.8, 4) is 11.4 Å². The molecule has 1 amide bonds. The van der Waals surface area contributed by atoms with Crippen LogP contribution < -0.4 is 10.8 Å². The van der Waals surface area contributed by atoms with Gasteiger partial charge >= 0.3 is 0 Å². The third kappa shape index (κ3) is 4.74. The fraction of sp³-hybridized carbons (Fsp3) is 0.167. The highest BCUT2D eigenvalue weighted by Crippen LogP contribution is 2.24. The molecular formula is C24H25N5O2. The number of fused-ring (bicyclic) bond motifs is 1. The fourth-order valence-electron chi connectivity index (χ4n) is 3.50. The van der Waals surface area contributed by atoms with Gasteiger partial charge in [-0.15, -0.1) is 0 Å². The number of carbonyl (C=O) groups is 1. The summed E-state index contributed by atoms with van der Waals surface area (Å²) in [4.78, 5) is 22.7. The van der Waals surface area contributed by atoms with Crippen LogP contribution in [0.15, 0.2) is 72.8 Å². The van der Waals surface area contributed by atoms with Crippen LogP contribution in [0.25, 0.3) is 22.4 Å². The number of aromatic amines is 1. The minimum atomic E-state index is -0.272. The fourth-order valence-corrected chi connectivity index (χ4v) is 3.50. The summed E-state index contributed by atoms with van der Waals surface area (Å²) in [6, 6.07) is 22.7. The molecule has 0 aliphatic heterocycles. The Kier molecular flexibility index (Phi) is 5.97. The van der Waals surface area contributed by atoms with E-state index in [0.717, 1.165) is 33.7 Å². The second-order valence-electron chi connectivity index (χ2n) is 7.66. The molecule has 7 nitrogen and oxygen atoms in total. The van der Waals surface area contributed by atoms with E-state index in [9.17, 15) is 4.79 Å². The lowest BCUT2D eigenvalue weighted by atomic mass is 10.0. The lowest BCUT2D eigenvalue weighted by molar-refractivity contribution is -0.120. The third-order valence-electron chi connectivity index (χ3n) is 5.23. The van der Waals surface area contributed by atoms with Gasteiger partial charge in [-0.05, 0) is 68.5 Å². The summed E-state index contributed by atoms with van der Waals surface area (Å²) in [6.07, 6.45) is 0.640. The average Bonchev–Trinajstić information content (AvgIpc) is 3.21. The van der Waals surface area contributed by atoms with Gasteiger partial charge in [0.25, 0.3) is 0 Å². The largest absolute Gasteiger partial charge is 0.338 e. The SMILES string of the molecule is CN(C)C(Cc1ccccc1)C(=O)Nc1ccc(-c2nc3ccc(NO)cc3[nH]2)cc1. The van der Waals surface area contributed by atoms with Crippen LogP contribution in [0, 0.1) is 0 Å². The van der Waals surface area contributed by atoms with Gasteiger partial charge in [-0.25, -0.2) is 4.98 Å². The van der Waals surface area contributed by atoms with E-state index >= 15 is 0 Å². The lowest BCUT2D eigenvalue weighted by Crippen LogP contribution is -2.41. The maximum atomic E-state index is 12.9. The van der Waals surface area contributed by atoms with Gasteiger partial charge in [0.15, 0.2) is 0 Å². The lowest BCUT2D eigenvalue weighted by Gasteiger charge is -2.23. The normalized spacial score (nSPS) is 12.1. The number of nitrogens with one attached hydrogen (secondary N) is 3. The Balaban J connectivity index is 1.48. The second kappa shape index (κ2) is 8.99. The van der Waals surface area contributed by atoms with E-state index in [0.29, 0.717) is 12.1 Å².